The quantitative estimate of drug-likeness (QED) is 0.799. The van der Waals surface area contributed by atoms with Gasteiger partial charge in [-0.2, -0.15) is 5.26 Å². The highest BCUT2D eigenvalue weighted by Gasteiger charge is 2.06. The van der Waals surface area contributed by atoms with Crippen LogP contribution in [-0.4, -0.2) is 4.98 Å². The number of aromatic nitrogens is 1. The maximum Gasteiger partial charge on any atom is 0.130 e. The van der Waals surface area contributed by atoms with Gasteiger partial charge >= 0.3 is 0 Å². The fourth-order valence-electron chi connectivity index (χ4n) is 1.52. The Labute approximate surface area is 121 Å². The SMILES string of the molecule is Cc1ccc(C#N)cc1OCc1cnc(Cl)cc1Cl. The molecule has 3 nitrogen and oxygen atoms in total. The summed E-state index contributed by atoms with van der Waals surface area (Å²) in [4.78, 5) is 3.96. The summed E-state index contributed by atoms with van der Waals surface area (Å²) < 4.78 is 5.67. The van der Waals surface area contributed by atoms with Gasteiger partial charge in [-0.15, -0.1) is 0 Å². The highest BCUT2D eigenvalue weighted by molar-refractivity contribution is 6.34. The van der Waals surface area contributed by atoms with Crippen molar-refractivity contribution in [1.29, 1.82) is 5.26 Å². The van der Waals surface area contributed by atoms with Crippen molar-refractivity contribution >= 4 is 23.2 Å². The fraction of sp³-hybridized carbons (Fsp3) is 0.143. The zero-order valence-corrected chi connectivity index (χ0v) is 11.7. The average molecular weight is 293 g/mol. The van der Waals surface area contributed by atoms with Crippen LogP contribution in [0.1, 0.15) is 16.7 Å². The minimum absolute atomic E-state index is 0.277. The summed E-state index contributed by atoms with van der Waals surface area (Å²) in [6.07, 6.45) is 1.58. The number of rotatable bonds is 3. The van der Waals surface area contributed by atoms with E-state index in [4.69, 9.17) is 33.2 Å². The summed E-state index contributed by atoms with van der Waals surface area (Å²) >= 11 is 11.8. The second kappa shape index (κ2) is 5.92. The normalized spacial score (nSPS) is 10.0. The molecule has 0 unspecified atom stereocenters. The number of aryl methyl sites for hydroxylation is 1. The molecule has 0 amide bonds. The summed E-state index contributed by atoms with van der Waals surface area (Å²) in [6.45, 7) is 2.19. The molecule has 0 saturated carbocycles. The lowest BCUT2D eigenvalue weighted by Crippen LogP contribution is -1.99. The first-order chi connectivity index (χ1) is 9.10. The molecule has 5 heteroatoms. The molecule has 0 aliphatic carbocycles. The number of pyridine rings is 1. The first kappa shape index (κ1) is 13.7. The van der Waals surface area contributed by atoms with Gasteiger partial charge in [0.1, 0.15) is 17.5 Å². The van der Waals surface area contributed by atoms with Gasteiger partial charge in [-0.3, -0.25) is 0 Å². The summed E-state index contributed by atoms with van der Waals surface area (Å²) in [5.74, 6) is 0.657. The molecule has 0 aliphatic rings. The zero-order valence-electron chi connectivity index (χ0n) is 10.2. The number of nitrogens with zero attached hydrogens (tertiary/aromatic N) is 2. The summed E-state index contributed by atoms with van der Waals surface area (Å²) in [5.41, 5.74) is 2.26. The molecule has 1 aromatic heterocycles. The monoisotopic (exact) mass is 292 g/mol. The Morgan fingerprint density at radius 2 is 2.11 bits per heavy atom. The molecule has 0 fully saturated rings. The molecule has 2 rings (SSSR count). The average Bonchev–Trinajstić information content (AvgIpc) is 2.39. The highest BCUT2D eigenvalue weighted by Crippen LogP contribution is 2.23. The number of ether oxygens (including phenoxy) is 1. The smallest absolute Gasteiger partial charge is 0.130 e. The predicted octanol–water partition coefficient (Wildman–Crippen LogP) is 4.15. The van der Waals surface area contributed by atoms with E-state index in [0.717, 1.165) is 11.1 Å². The van der Waals surface area contributed by atoms with Crippen LogP contribution in [0.3, 0.4) is 0 Å². The van der Waals surface area contributed by atoms with Crippen LogP contribution in [0.5, 0.6) is 5.75 Å². The Morgan fingerprint density at radius 1 is 1.32 bits per heavy atom. The van der Waals surface area contributed by atoms with Gasteiger partial charge in [0.15, 0.2) is 0 Å². The number of halogens is 2. The lowest BCUT2D eigenvalue weighted by Gasteiger charge is -2.10. The summed E-state index contributed by atoms with van der Waals surface area (Å²) in [5, 5.41) is 9.71. The summed E-state index contributed by atoms with van der Waals surface area (Å²) in [6, 6.07) is 8.94. The number of hydrogen-bond acceptors (Lipinski definition) is 3. The van der Waals surface area contributed by atoms with E-state index in [9.17, 15) is 0 Å². The van der Waals surface area contributed by atoms with Crippen molar-refractivity contribution in [3.05, 3.63) is 57.3 Å². The minimum atomic E-state index is 0.277. The van der Waals surface area contributed by atoms with Gasteiger partial charge in [0, 0.05) is 11.8 Å². The van der Waals surface area contributed by atoms with E-state index in [0.29, 0.717) is 21.5 Å². The number of benzene rings is 1. The first-order valence-corrected chi connectivity index (χ1v) is 6.29. The van der Waals surface area contributed by atoms with Crippen molar-refractivity contribution in [2.45, 2.75) is 13.5 Å². The molecule has 0 spiro atoms. The van der Waals surface area contributed by atoms with E-state index in [1.54, 1.807) is 24.4 Å². The van der Waals surface area contributed by atoms with E-state index in [1.165, 1.54) is 0 Å². The van der Waals surface area contributed by atoms with Crippen LogP contribution in [0.2, 0.25) is 10.2 Å². The molecule has 0 bridgehead atoms. The maximum atomic E-state index is 8.86. The third kappa shape index (κ3) is 3.37. The fourth-order valence-corrected chi connectivity index (χ4v) is 1.94. The second-order valence-corrected chi connectivity index (χ2v) is 4.77. The van der Waals surface area contributed by atoms with Crippen LogP contribution in [0.4, 0.5) is 0 Å². The third-order valence-electron chi connectivity index (χ3n) is 2.60. The molecule has 0 atom stereocenters. The lowest BCUT2D eigenvalue weighted by atomic mass is 10.1. The van der Waals surface area contributed by atoms with Gasteiger partial charge in [-0.1, -0.05) is 29.3 Å². The predicted molar refractivity (Wildman–Crippen MR) is 74.5 cm³/mol. The highest BCUT2D eigenvalue weighted by atomic mass is 35.5. The van der Waals surface area contributed by atoms with Crippen molar-refractivity contribution in [2.24, 2.45) is 0 Å². The van der Waals surface area contributed by atoms with Gasteiger partial charge in [0.25, 0.3) is 0 Å². The van der Waals surface area contributed by atoms with Crippen molar-refractivity contribution < 1.29 is 4.74 Å². The van der Waals surface area contributed by atoms with Crippen LogP contribution >= 0.6 is 23.2 Å². The maximum absolute atomic E-state index is 8.86. The first-order valence-electron chi connectivity index (χ1n) is 5.53. The van der Waals surface area contributed by atoms with Crippen molar-refractivity contribution in [1.82, 2.24) is 4.98 Å². The molecular weight excluding hydrogens is 283 g/mol. The Bertz CT molecular complexity index is 650. The van der Waals surface area contributed by atoms with E-state index < -0.39 is 0 Å². The molecule has 1 heterocycles. The van der Waals surface area contributed by atoms with Crippen LogP contribution in [0.25, 0.3) is 0 Å². The third-order valence-corrected chi connectivity index (χ3v) is 3.16. The Balaban J connectivity index is 2.16. The molecular formula is C14H10Cl2N2O. The van der Waals surface area contributed by atoms with Gasteiger partial charge in [0.05, 0.1) is 16.7 Å². The van der Waals surface area contributed by atoms with Crippen LogP contribution in [-0.2, 0) is 6.61 Å². The van der Waals surface area contributed by atoms with E-state index in [2.05, 4.69) is 11.1 Å². The molecule has 0 saturated heterocycles. The Hall–Kier alpha value is -1.76. The second-order valence-electron chi connectivity index (χ2n) is 3.98. The molecule has 0 N–H and O–H groups in total. The standard InChI is InChI=1S/C14H10Cl2N2O/c1-9-2-3-10(6-17)4-13(9)19-8-11-7-18-14(16)5-12(11)15/h2-5,7H,8H2,1H3. The number of hydrogen-bond donors (Lipinski definition) is 0. The topological polar surface area (TPSA) is 45.9 Å². The Morgan fingerprint density at radius 3 is 2.79 bits per heavy atom. The van der Waals surface area contributed by atoms with Crippen molar-refractivity contribution in [2.75, 3.05) is 0 Å². The van der Waals surface area contributed by atoms with Crippen LogP contribution in [0.15, 0.2) is 30.5 Å². The lowest BCUT2D eigenvalue weighted by molar-refractivity contribution is 0.303. The van der Waals surface area contributed by atoms with Crippen LogP contribution < -0.4 is 4.74 Å². The van der Waals surface area contributed by atoms with E-state index >= 15 is 0 Å². The van der Waals surface area contributed by atoms with Gasteiger partial charge in [-0.25, -0.2) is 4.98 Å². The minimum Gasteiger partial charge on any atom is -0.488 e. The van der Waals surface area contributed by atoms with E-state index in [-0.39, 0.29) is 6.61 Å². The molecule has 96 valence electrons. The van der Waals surface area contributed by atoms with Crippen molar-refractivity contribution in [3.63, 3.8) is 0 Å². The number of nitriles is 1. The Kier molecular flexibility index (Phi) is 4.26. The zero-order chi connectivity index (χ0) is 13.8. The molecule has 0 aliphatic heterocycles. The molecule has 1 aromatic carbocycles. The summed E-state index contributed by atoms with van der Waals surface area (Å²) in [7, 11) is 0. The van der Waals surface area contributed by atoms with Gasteiger partial charge in [-0.05, 0) is 30.7 Å². The molecule has 2 aromatic rings. The van der Waals surface area contributed by atoms with Gasteiger partial charge in [0.2, 0.25) is 0 Å². The van der Waals surface area contributed by atoms with Gasteiger partial charge < -0.3 is 4.74 Å². The van der Waals surface area contributed by atoms with Crippen molar-refractivity contribution in [3.8, 4) is 11.8 Å². The molecule has 0 radical (unpaired) electrons. The largest absolute Gasteiger partial charge is 0.488 e. The molecule has 19 heavy (non-hydrogen) atoms. The van der Waals surface area contributed by atoms with E-state index in [1.807, 2.05) is 13.0 Å². The van der Waals surface area contributed by atoms with Crippen LogP contribution in [0, 0.1) is 18.3 Å².